The molecular formula is C23H20O3S. The first-order valence-corrected chi connectivity index (χ1v) is 10.5. The maximum Gasteiger partial charge on any atom is 0.185 e. The normalized spacial score (nSPS) is 18.6. The highest BCUT2D eigenvalue weighted by Gasteiger charge is 2.23. The Morgan fingerprint density at radius 2 is 1.59 bits per heavy atom. The van der Waals surface area contributed by atoms with Crippen LogP contribution in [0.1, 0.15) is 15.9 Å². The average Bonchev–Trinajstić information content (AvgIpc) is 2.67. The molecule has 3 rings (SSSR count). The molecule has 0 saturated carbocycles. The molecule has 2 aromatic carbocycles. The van der Waals surface area contributed by atoms with E-state index in [-0.39, 0.29) is 16.6 Å². The van der Waals surface area contributed by atoms with Crippen LogP contribution in [0.3, 0.4) is 0 Å². The molecule has 136 valence electrons. The first-order valence-electron chi connectivity index (χ1n) is 8.58. The Balaban J connectivity index is 1.97. The summed E-state index contributed by atoms with van der Waals surface area (Å²) in [5.74, 6) is -0.411. The van der Waals surface area contributed by atoms with Crippen LogP contribution in [0.4, 0.5) is 0 Å². The Morgan fingerprint density at radius 3 is 2.22 bits per heavy atom. The fourth-order valence-electron chi connectivity index (χ4n) is 2.92. The van der Waals surface area contributed by atoms with E-state index in [0.717, 1.165) is 5.56 Å². The van der Waals surface area contributed by atoms with Crippen LogP contribution >= 0.6 is 0 Å². The van der Waals surface area contributed by atoms with Crippen molar-refractivity contribution in [2.24, 2.45) is 5.92 Å². The zero-order chi connectivity index (χ0) is 19.3. The van der Waals surface area contributed by atoms with Crippen molar-refractivity contribution in [2.75, 3.05) is 6.26 Å². The van der Waals surface area contributed by atoms with Gasteiger partial charge in [-0.1, -0.05) is 78.9 Å². The summed E-state index contributed by atoms with van der Waals surface area (Å²) in [6.45, 7) is 0. The molecule has 3 nitrogen and oxygen atoms in total. The van der Waals surface area contributed by atoms with Gasteiger partial charge in [-0.2, -0.15) is 0 Å². The number of allylic oxidation sites excluding steroid dienone is 6. The number of carbonyl (C=O) groups excluding carboxylic acids is 1. The minimum Gasteiger partial charge on any atom is -0.289 e. The molecule has 0 spiro atoms. The number of carbonyl (C=O) groups is 1. The fourth-order valence-corrected chi connectivity index (χ4v) is 3.87. The lowest BCUT2D eigenvalue weighted by molar-refractivity contribution is 0.104. The van der Waals surface area contributed by atoms with E-state index in [0.29, 0.717) is 11.1 Å². The van der Waals surface area contributed by atoms with Gasteiger partial charge >= 0.3 is 0 Å². The first kappa shape index (κ1) is 18.8. The van der Waals surface area contributed by atoms with Crippen molar-refractivity contribution >= 4 is 21.7 Å². The molecule has 1 atom stereocenters. The molecule has 1 aliphatic carbocycles. The van der Waals surface area contributed by atoms with E-state index < -0.39 is 9.84 Å². The summed E-state index contributed by atoms with van der Waals surface area (Å²) in [7, 11) is -3.40. The highest BCUT2D eigenvalue weighted by molar-refractivity contribution is 7.94. The smallest absolute Gasteiger partial charge is 0.185 e. The SMILES string of the molecule is CS(=O)(=O)C1=CC=CC(C=CC(=O)c2ccccc2)C1=Cc1ccccc1. The molecule has 0 saturated heterocycles. The predicted octanol–water partition coefficient (Wildman–Crippen LogP) is 4.62. The van der Waals surface area contributed by atoms with Gasteiger partial charge in [0.25, 0.3) is 0 Å². The maximum absolute atomic E-state index is 12.4. The lowest BCUT2D eigenvalue weighted by Crippen LogP contribution is -2.12. The van der Waals surface area contributed by atoms with Crippen LogP contribution in [-0.2, 0) is 9.84 Å². The number of rotatable bonds is 5. The third-order valence-corrected chi connectivity index (χ3v) is 5.41. The minimum absolute atomic E-state index is 0.112. The van der Waals surface area contributed by atoms with Crippen molar-refractivity contribution in [2.45, 2.75) is 0 Å². The Labute approximate surface area is 160 Å². The number of sulfone groups is 1. The highest BCUT2D eigenvalue weighted by Crippen LogP contribution is 2.32. The zero-order valence-corrected chi connectivity index (χ0v) is 15.8. The molecule has 0 radical (unpaired) electrons. The molecule has 1 aliphatic rings. The van der Waals surface area contributed by atoms with Crippen LogP contribution in [0.5, 0.6) is 0 Å². The Morgan fingerprint density at radius 1 is 0.963 bits per heavy atom. The van der Waals surface area contributed by atoms with Gasteiger partial charge in [0, 0.05) is 17.7 Å². The van der Waals surface area contributed by atoms with Crippen LogP contribution in [0.25, 0.3) is 6.08 Å². The van der Waals surface area contributed by atoms with E-state index in [1.807, 2.05) is 60.7 Å². The molecule has 1 unspecified atom stereocenters. The lowest BCUT2D eigenvalue weighted by Gasteiger charge is -2.19. The first-order chi connectivity index (χ1) is 12.9. The van der Waals surface area contributed by atoms with Crippen LogP contribution in [0, 0.1) is 5.92 Å². The van der Waals surface area contributed by atoms with E-state index in [9.17, 15) is 13.2 Å². The number of hydrogen-bond donors (Lipinski definition) is 0. The summed E-state index contributed by atoms with van der Waals surface area (Å²) in [6, 6.07) is 18.5. The van der Waals surface area contributed by atoms with Gasteiger partial charge in [-0.25, -0.2) is 8.42 Å². The molecule has 0 heterocycles. The maximum atomic E-state index is 12.4. The summed E-state index contributed by atoms with van der Waals surface area (Å²) in [5, 5.41) is 0. The summed E-state index contributed by atoms with van der Waals surface area (Å²) < 4.78 is 24.5. The van der Waals surface area contributed by atoms with Gasteiger partial charge in [-0.3, -0.25) is 4.79 Å². The third-order valence-electron chi connectivity index (χ3n) is 4.24. The molecule has 4 heteroatoms. The van der Waals surface area contributed by atoms with Gasteiger partial charge in [-0.15, -0.1) is 0 Å². The second kappa shape index (κ2) is 8.14. The van der Waals surface area contributed by atoms with E-state index >= 15 is 0 Å². The molecular weight excluding hydrogens is 356 g/mol. The third kappa shape index (κ3) is 4.80. The molecule has 2 aromatic rings. The second-order valence-corrected chi connectivity index (χ2v) is 8.30. The molecule has 0 amide bonds. The van der Waals surface area contributed by atoms with Gasteiger partial charge in [-0.05, 0) is 29.4 Å². The summed E-state index contributed by atoms with van der Waals surface area (Å²) >= 11 is 0. The van der Waals surface area contributed by atoms with Gasteiger partial charge in [0.2, 0.25) is 0 Å². The minimum atomic E-state index is -3.40. The van der Waals surface area contributed by atoms with E-state index in [1.165, 1.54) is 12.3 Å². The van der Waals surface area contributed by atoms with Crippen molar-refractivity contribution in [1.82, 2.24) is 0 Å². The van der Waals surface area contributed by atoms with E-state index in [2.05, 4.69) is 0 Å². The quantitative estimate of drug-likeness (QED) is 0.565. The highest BCUT2D eigenvalue weighted by atomic mass is 32.2. The second-order valence-electron chi connectivity index (χ2n) is 6.31. The van der Waals surface area contributed by atoms with Gasteiger partial charge in [0.15, 0.2) is 15.6 Å². The van der Waals surface area contributed by atoms with Crippen LogP contribution in [0.15, 0.2) is 102 Å². The monoisotopic (exact) mass is 376 g/mol. The van der Waals surface area contributed by atoms with Crippen LogP contribution < -0.4 is 0 Å². The van der Waals surface area contributed by atoms with Crippen LogP contribution in [-0.4, -0.2) is 20.5 Å². The molecule has 0 N–H and O–H groups in total. The van der Waals surface area contributed by atoms with E-state index in [1.54, 1.807) is 30.4 Å². The van der Waals surface area contributed by atoms with Gasteiger partial charge < -0.3 is 0 Å². The van der Waals surface area contributed by atoms with Gasteiger partial charge in [0.05, 0.1) is 4.91 Å². The largest absolute Gasteiger partial charge is 0.289 e. The molecule has 27 heavy (non-hydrogen) atoms. The number of ketones is 1. The topological polar surface area (TPSA) is 51.2 Å². The molecule has 0 bridgehead atoms. The van der Waals surface area contributed by atoms with Crippen LogP contribution in [0.2, 0.25) is 0 Å². The lowest BCUT2D eigenvalue weighted by atomic mass is 9.91. The summed E-state index contributed by atoms with van der Waals surface area (Å²) in [5.41, 5.74) is 2.16. The zero-order valence-electron chi connectivity index (χ0n) is 14.9. The van der Waals surface area contributed by atoms with Gasteiger partial charge in [0.1, 0.15) is 0 Å². The fraction of sp³-hybridized carbons (Fsp3) is 0.0870. The van der Waals surface area contributed by atoms with Crippen molar-refractivity contribution in [3.05, 3.63) is 113 Å². The predicted molar refractivity (Wildman–Crippen MR) is 110 cm³/mol. The van der Waals surface area contributed by atoms with Crippen molar-refractivity contribution in [1.29, 1.82) is 0 Å². The summed E-state index contributed by atoms with van der Waals surface area (Å²) in [4.78, 5) is 12.6. The van der Waals surface area contributed by atoms with Crippen molar-refractivity contribution in [3.8, 4) is 0 Å². The number of hydrogen-bond acceptors (Lipinski definition) is 3. The Bertz CT molecular complexity index is 1040. The number of benzene rings is 2. The van der Waals surface area contributed by atoms with Crippen molar-refractivity contribution in [3.63, 3.8) is 0 Å². The Hall–Kier alpha value is -2.98. The molecule has 0 aliphatic heterocycles. The summed E-state index contributed by atoms with van der Waals surface area (Å²) in [6.07, 6.45) is 11.5. The Kier molecular flexibility index (Phi) is 5.67. The molecule has 0 fully saturated rings. The average molecular weight is 376 g/mol. The van der Waals surface area contributed by atoms with E-state index in [4.69, 9.17) is 0 Å². The van der Waals surface area contributed by atoms with Crippen molar-refractivity contribution < 1.29 is 13.2 Å². The standard InChI is InChI=1S/C23H20O3S/c1-27(25,26)23-14-8-13-19(21(23)17-18-9-4-2-5-10-18)15-16-22(24)20-11-6-3-7-12-20/h2-17,19H,1H3. The molecule has 0 aromatic heterocycles.